The van der Waals surface area contributed by atoms with Gasteiger partial charge in [-0.2, -0.15) is 0 Å². The lowest BCUT2D eigenvalue weighted by Crippen LogP contribution is -2.38. The van der Waals surface area contributed by atoms with Gasteiger partial charge in [0.25, 0.3) is 0 Å². The number of nitrogens with one attached hydrogen (secondary N) is 1. The summed E-state index contributed by atoms with van der Waals surface area (Å²) >= 11 is 0. The number of hydrogen-bond acceptors (Lipinski definition) is 3. The molecule has 1 aromatic carbocycles. The van der Waals surface area contributed by atoms with Crippen LogP contribution in [0.25, 0.3) is 0 Å². The van der Waals surface area contributed by atoms with E-state index in [-0.39, 0.29) is 0 Å². The summed E-state index contributed by atoms with van der Waals surface area (Å²) in [7, 11) is 0. The first-order valence-corrected chi connectivity index (χ1v) is 8.32. The van der Waals surface area contributed by atoms with Gasteiger partial charge in [0.15, 0.2) is 0 Å². The van der Waals surface area contributed by atoms with Crippen LogP contribution in [0.15, 0.2) is 12.1 Å². The van der Waals surface area contributed by atoms with E-state index < -0.39 is 0 Å². The third-order valence-electron chi connectivity index (χ3n) is 4.41. The standard InChI is InChI=1S/C18H30N2O/c1-4-8-20(12-16-6-5-7-19-11-16)13-17-9-14(2)18(21)15(3)10-17/h9-10,16,19,21H,4-8,11-13H2,1-3H3. The maximum atomic E-state index is 9.91. The molecule has 2 N–H and O–H groups in total. The molecule has 118 valence electrons. The third kappa shape index (κ3) is 4.72. The molecular weight excluding hydrogens is 260 g/mol. The average Bonchev–Trinajstić information content (AvgIpc) is 2.46. The Balaban J connectivity index is 2.01. The maximum Gasteiger partial charge on any atom is 0.121 e. The van der Waals surface area contributed by atoms with Crippen LogP contribution in [0.2, 0.25) is 0 Å². The number of aryl methyl sites for hydroxylation is 2. The first kappa shape index (κ1) is 16.3. The van der Waals surface area contributed by atoms with Crippen LogP contribution >= 0.6 is 0 Å². The molecule has 0 amide bonds. The number of rotatable bonds is 6. The van der Waals surface area contributed by atoms with E-state index in [4.69, 9.17) is 0 Å². The van der Waals surface area contributed by atoms with E-state index in [1.54, 1.807) is 0 Å². The molecule has 1 aliphatic rings. The van der Waals surface area contributed by atoms with Gasteiger partial charge in [0, 0.05) is 13.1 Å². The molecule has 0 aromatic heterocycles. The smallest absolute Gasteiger partial charge is 0.121 e. The molecule has 1 atom stereocenters. The van der Waals surface area contributed by atoms with Crippen molar-refractivity contribution in [3.63, 3.8) is 0 Å². The van der Waals surface area contributed by atoms with Crippen LogP contribution in [-0.4, -0.2) is 36.2 Å². The summed E-state index contributed by atoms with van der Waals surface area (Å²) in [6.45, 7) is 11.9. The number of hydrogen-bond donors (Lipinski definition) is 2. The SMILES string of the molecule is CCCN(Cc1cc(C)c(O)c(C)c1)CC1CCCNC1. The molecule has 0 saturated carbocycles. The van der Waals surface area contributed by atoms with Gasteiger partial charge >= 0.3 is 0 Å². The van der Waals surface area contributed by atoms with Crippen molar-refractivity contribution in [1.29, 1.82) is 0 Å². The Kier molecular flexibility index (Phi) is 6.07. The molecule has 21 heavy (non-hydrogen) atoms. The number of phenols is 1. The van der Waals surface area contributed by atoms with E-state index >= 15 is 0 Å². The fourth-order valence-electron chi connectivity index (χ4n) is 3.39. The number of nitrogens with zero attached hydrogens (tertiary/aromatic N) is 1. The highest BCUT2D eigenvalue weighted by atomic mass is 16.3. The Morgan fingerprint density at radius 2 is 2.00 bits per heavy atom. The zero-order valence-electron chi connectivity index (χ0n) is 13.8. The fraction of sp³-hybridized carbons (Fsp3) is 0.667. The van der Waals surface area contributed by atoms with Crippen molar-refractivity contribution in [1.82, 2.24) is 10.2 Å². The molecule has 1 aliphatic heterocycles. The molecule has 2 rings (SSSR count). The Bertz CT molecular complexity index is 430. The average molecular weight is 290 g/mol. The minimum absolute atomic E-state index is 0.442. The number of benzene rings is 1. The molecule has 1 saturated heterocycles. The quantitative estimate of drug-likeness (QED) is 0.844. The van der Waals surface area contributed by atoms with Gasteiger partial charge < -0.3 is 10.4 Å². The highest BCUT2D eigenvalue weighted by Crippen LogP contribution is 2.24. The first-order chi connectivity index (χ1) is 10.1. The van der Waals surface area contributed by atoms with E-state index in [0.29, 0.717) is 5.75 Å². The van der Waals surface area contributed by atoms with Crippen LogP contribution in [0.5, 0.6) is 5.75 Å². The van der Waals surface area contributed by atoms with Crippen molar-refractivity contribution in [2.75, 3.05) is 26.2 Å². The summed E-state index contributed by atoms with van der Waals surface area (Å²) in [5.41, 5.74) is 3.29. The molecule has 0 radical (unpaired) electrons. The lowest BCUT2D eigenvalue weighted by molar-refractivity contribution is 0.201. The van der Waals surface area contributed by atoms with E-state index in [1.807, 2.05) is 13.8 Å². The van der Waals surface area contributed by atoms with Crippen LogP contribution < -0.4 is 5.32 Å². The lowest BCUT2D eigenvalue weighted by Gasteiger charge is -2.30. The Hall–Kier alpha value is -1.06. The molecule has 1 unspecified atom stereocenters. The van der Waals surface area contributed by atoms with Crippen molar-refractivity contribution < 1.29 is 5.11 Å². The van der Waals surface area contributed by atoms with Crippen molar-refractivity contribution in [3.05, 3.63) is 28.8 Å². The molecule has 1 fully saturated rings. The highest BCUT2D eigenvalue weighted by molar-refractivity contribution is 5.42. The number of phenolic OH excluding ortho intramolecular Hbond substituents is 1. The number of piperidine rings is 1. The first-order valence-electron chi connectivity index (χ1n) is 8.32. The summed E-state index contributed by atoms with van der Waals surface area (Å²) in [6, 6.07) is 4.26. The second-order valence-electron chi connectivity index (χ2n) is 6.53. The van der Waals surface area contributed by atoms with Gasteiger partial charge in [0.1, 0.15) is 5.75 Å². The largest absolute Gasteiger partial charge is 0.507 e. The molecule has 0 spiro atoms. The van der Waals surface area contributed by atoms with Gasteiger partial charge in [0.2, 0.25) is 0 Å². The molecule has 0 bridgehead atoms. The Labute approximate surface area is 129 Å². The van der Waals surface area contributed by atoms with Crippen LogP contribution in [0.1, 0.15) is 42.9 Å². The van der Waals surface area contributed by atoms with Crippen LogP contribution in [0.4, 0.5) is 0 Å². The summed E-state index contributed by atoms with van der Waals surface area (Å²) in [6.07, 6.45) is 3.85. The number of aromatic hydroxyl groups is 1. The van der Waals surface area contributed by atoms with Gasteiger partial charge in [-0.25, -0.2) is 0 Å². The Morgan fingerprint density at radius 1 is 1.29 bits per heavy atom. The molecular formula is C18H30N2O. The van der Waals surface area contributed by atoms with E-state index in [2.05, 4.69) is 29.3 Å². The molecule has 1 aromatic rings. The second-order valence-corrected chi connectivity index (χ2v) is 6.53. The van der Waals surface area contributed by atoms with E-state index in [0.717, 1.165) is 36.7 Å². The third-order valence-corrected chi connectivity index (χ3v) is 4.41. The van der Waals surface area contributed by atoms with E-state index in [1.165, 1.54) is 37.9 Å². The highest BCUT2D eigenvalue weighted by Gasteiger charge is 2.17. The topological polar surface area (TPSA) is 35.5 Å². The lowest BCUT2D eigenvalue weighted by atomic mass is 9.98. The minimum Gasteiger partial charge on any atom is -0.507 e. The van der Waals surface area contributed by atoms with Crippen molar-refractivity contribution in [2.45, 2.75) is 46.6 Å². The molecule has 1 heterocycles. The maximum absolute atomic E-state index is 9.91. The predicted octanol–water partition coefficient (Wildman–Crippen LogP) is 3.22. The van der Waals surface area contributed by atoms with Gasteiger partial charge in [-0.15, -0.1) is 0 Å². The van der Waals surface area contributed by atoms with Crippen molar-refractivity contribution in [2.24, 2.45) is 5.92 Å². The fourth-order valence-corrected chi connectivity index (χ4v) is 3.39. The molecule has 0 aliphatic carbocycles. The van der Waals surface area contributed by atoms with Crippen molar-refractivity contribution >= 4 is 0 Å². The predicted molar refractivity (Wildman–Crippen MR) is 88.7 cm³/mol. The van der Waals surface area contributed by atoms with Crippen LogP contribution in [-0.2, 0) is 6.54 Å². The normalized spacial score (nSPS) is 19.1. The van der Waals surface area contributed by atoms with Gasteiger partial charge in [0.05, 0.1) is 0 Å². The summed E-state index contributed by atoms with van der Waals surface area (Å²) in [5.74, 6) is 1.22. The van der Waals surface area contributed by atoms with Crippen molar-refractivity contribution in [3.8, 4) is 5.75 Å². The van der Waals surface area contributed by atoms with Crippen LogP contribution in [0, 0.1) is 19.8 Å². The van der Waals surface area contributed by atoms with Crippen LogP contribution in [0.3, 0.4) is 0 Å². The molecule has 3 nitrogen and oxygen atoms in total. The van der Waals surface area contributed by atoms with Gasteiger partial charge in [-0.05, 0) is 75.4 Å². The van der Waals surface area contributed by atoms with Gasteiger partial charge in [-0.1, -0.05) is 19.1 Å². The second kappa shape index (κ2) is 7.81. The molecule has 3 heteroatoms. The summed E-state index contributed by atoms with van der Waals surface area (Å²) < 4.78 is 0. The summed E-state index contributed by atoms with van der Waals surface area (Å²) in [4.78, 5) is 2.57. The minimum atomic E-state index is 0.442. The Morgan fingerprint density at radius 3 is 2.57 bits per heavy atom. The zero-order valence-corrected chi connectivity index (χ0v) is 13.8. The summed E-state index contributed by atoms with van der Waals surface area (Å²) in [5, 5.41) is 13.4. The monoisotopic (exact) mass is 290 g/mol. The van der Waals surface area contributed by atoms with E-state index in [9.17, 15) is 5.11 Å². The zero-order chi connectivity index (χ0) is 15.2. The van der Waals surface area contributed by atoms with Gasteiger partial charge in [-0.3, -0.25) is 4.90 Å².